The first-order valence-corrected chi connectivity index (χ1v) is 28.7. The summed E-state index contributed by atoms with van der Waals surface area (Å²) in [6, 6.07) is 41.4. The molecule has 2 radical (unpaired) electrons. The Balaban J connectivity index is 0.000000182. The average molecular weight is 851 g/mol. The first kappa shape index (κ1) is 42.9. The Kier molecular flexibility index (Phi) is 16.5. The summed E-state index contributed by atoms with van der Waals surface area (Å²) in [6.07, 6.45) is 15.8. The Hall–Kier alpha value is -2.22. The quantitative estimate of drug-likeness (QED) is 0.0850. The van der Waals surface area contributed by atoms with Crippen LogP contribution >= 0.6 is 17.0 Å². The molecular weight excluding hydrogens is 791 g/mol. The molecule has 2 fully saturated rings. The van der Waals surface area contributed by atoms with E-state index in [9.17, 15) is 0 Å². The van der Waals surface area contributed by atoms with Gasteiger partial charge in [-0.3, -0.25) is 0 Å². The van der Waals surface area contributed by atoms with Gasteiger partial charge in [-0.25, -0.2) is 0 Å². The number of aryl methyl sites for hydroxylation is 2. The maximum atomic E-state index is 4.93. The Morgan fingerprint density at radius 1 is 0.574 bits per heavy atom. The van der Waals surface area contributed by atoms with Crippen LogP contribution in [0.3, 0.4) is 0 Å². The molecule has 0 amide bonds. The topological polar surface area (TPSA) is 0 Å². The van der Waals surface area contributed by atoms with Crippen LogP contribution < -0.4 is 0 Å². The van der Waals surface area contributed by atoms with Crippen LogP contribution in [0.25, 0.3) is 43.8 Å². The van der Waals surface area contributed by atoms with E-state index in [4.69, 9.17) is 17.0 Å². The Labute approximate surface area is 348 Å². The predicted molar refractivity (Wildman–Crippen MR) is 238 cm³/mol. The molecule has 6 aromatic rings. The summed E-state index contributed by atoms with van der Waals surface area (Å²) in [5.41, 5.74) is 12.6. The molecule has 54 heavy (non-hydrogen) atoms. The van der Waals surface area contributed by atoms with E-state index in [1.54, 1.807) is 0 Å². The van der Waals surface area contributed by atoms with Crippen LogP contribution in [0.1, 0.15) is 101 Å². The molecule has 0 saturated heterocycles. The molecule has 2 saturated carbocycles. The molecule has 2 aliphatic carbocycles. The second-order valence-corrected chi connectivity index (χ2v) is 20.6. The van der Waals surface area contributed by atoms with E-state index in [1.165, 1.54) is 130 Å². The Morgan fingerprint density at radius 2 is 0.926 bits per heavy atom. The molecule has 282 valence electrons. The van der Waals surface area contributed by atoms with Gasteiger partial charge in [-0.1, -0.05) is 125 Å². The zero-order valence-electron chi connectivity index (χ0n) is 33.6. The molecule has 0 bridgehead atoms. The second kappa shape index (κ2) is 20.8. The van der Waals surface area contributed by atoms with E-state index >= 15 is 0 Å². The molecule has 4 heteroatoms. The van der Waals surface area contributed by atoms with Gasteiger partial charge in [0.25, 0.3) is 0 Å². The van der Waals surface area contributed by atoms with Crippen LogP contribution in [-0.2, 0) is 46.5 Å². The van der Waals surface area contributed by atoms with Crippen molar-refractivity contribution in [3.8, 4) is 22.3 Å². The zero-order chi connectivity index (χ0) is 38.6. The number of hydrogen-bond acceptors (Lipinski definition) is 0. The molecule has 0 N–H and O–H groups in total. The normalized spacial score (nSPS) is 14.5. The summed E-state index contributed by atoms with van der Waals surface area (Å²) < 4.78 is 0. The van der Waals surface area contributed by atoms with Gasteiger partial charge in [-0.2, -0.15) is 12.1 Å². The molecule has 0 heterocycles. The zero-order valence-corrected chi connectivity index (χ0v) is 38.6. The van der Waals surface area contributed by atoms with Crippen LogP contribution in [-0.4, -0.2) is 9.52 Å². The van der Waals surface area contributed by atoms with E-state index in [0.717, 1.165) is 22.4 Å². The minimum atomic E-state index is -0.826. The average Bonchev–Trinajstić information content (AvgIpc) is 4.03. The number of benzene rings is 4. The number of rotatable bonds is 12. The Bertz CT molecular complexity index is 1860. The van der Waals surface area contributed by atoms with Crippen LogP contribution in [0.5, 0.6) is 0 Å². The first-order chi connectivity index (χ1) is 26.3. The fourth-order valence-electron chi connectivity index (χ4n) is 8.45. The van der Waals surface area contributed by atoms with Crippen molar-refractivity contribution in [3.05, 3.63) is 131 Å². The third kappa shape index (κ3) is 11.4. The third-order valence-electron chi connectivity index (χ3n) is 11.6. The van der Waals surface area contributed by atoms with E-state index in [0.29, 0.717) is 10.8 Å². The summed E-state index contributed by atoms with van der Waals surface area (Å²) >= 11 is -0.826. The van der Waals surface area contributed by atoms with Gasteiger partial charge in [0, 0.05) is 9.52 Å². The SMILES string of the molecule is CCCC1(Cc2cc3c(-c4ccc(CC)cc4)cccc3[cH-]2)CC1.CCCC1(Cc2cc3c(-c4ccc(CC)cc4)cccc3[cH-]2)CC1.C[Si]C.[Cl][Zr+2][Cl]. The summed E-state index contributed by atoms with van der Waals surface area (Å²) in [6.45, 7) is 13.4. The van der Waals surface area contributed by atoms with Gasteiger partial charge >= 0.3 is 37.9 Å². The fourth-order valence-corrected chi connectivity index (χ4v) is 8.45. The maximum absolute atomic E-state index is 4.93. The molecule has 0 spiro atoms. The monoisotopic (exact) mass is 848 g/mol. The molecule has 0 atom stereocenters. The molecule has 0 aromatic heterocycles. The Morgan fingerprint density at radius 3 is 1.22 bits per heavy atom. The van der Waals surface area contributed by atoms with Gasteiger partial charge in [0.05, 0.1) is 0 Å². The third-order valence-corrected chi connectivity index (χ3v) is 11.6. The molecule has 0 aliphatic heterocycles. The molecule has 8 rings (SSSR count). The van der Waals surface area contributed by atoms with Crippen LogP contribution in [0.4, 0.5) is 0 Å². The molecule has 6 aromatic carbocycles. The molecule has 0 nitrogen and oxygen atoms in total. The van der Waals surface area contributed by atoms with Crippen molar-refractivity contribution in [3.63, 3.8) is 0 Å². The van der Waals surface area contributed by atoms with Gasteiger partial charge in [-0.05, 0) is 97.3 Å². The van der Waals surface area contributed by atoms with Gasteiger partial charge < -0.3 is 0 Å². The summed E-state index contributed by atoms with van der Waals surface area (Å²) in [5, 5.41) is 5.64. The molecule has 0 unspecified atom stereocenters. The van der Waals surface area contributed by atoms with E-state index < -0.39 is 20.8 Å². The van der Waals surface area contributed by atoms with Gasteiger partial charge in [0.1, 0.15) is 0 Å². The van der Waals surface area contributed by atoms with E-state index in [-0.39, 0.29) is 0 Å². The summed E-state index contributed by atoms with van der Waals surface area (Å²) in [5.74, 6) is 0. The van der Waals surface area contributed by atoms with Crippen molar-refractivity contribution < 1.29 is 20.8 Å². The summed E-state index contributed by atoms with van der Waals surface area (Å²) in [7, 11) is 11.0. The van der Waals surface area contributed by atoms with Crippen molar-refractivity contribution in [1.82, 2.24) is 0 Å². The number of halogens is 2. The number of fused-ring (bicyclic) bond motifs is 2. The second-order valence-electron chi connectivity index (χ2n) is 15.9. The minimum absolute atomic E-state index is 0.627. The fraction of sp³-hybridized carbons (Fsp3) is 0.400. The van der Waals surface area contributed by atoms with Crippen molar-refractivity contribution >= 4 is 48.1 Å². The van der Waals surface area contributed by atoms with Gasteiger partial charge in [-0.15, -0.1) is 69.1 Å². The van der Waals surface area contributed by atoms with Crippen molar-refractivity contribution in [2.45, 2.75) is 118 Å². The molecular formula is C50H60Cl2SiZr. The van der Waals surface area contributed by atoms with E-state index in [1.807, 2.05) is 0 Å². The van der Waals surface area contributed by atoms with Crippen molar-refractivity contribution in [2.75, 3.05) is 0 Å². The summed E-state index contributed by atoms with van der Waals surface area (Å²) in [4.78, 5) is 0. The van der Waals surface area contributed by atoms with Crippen LogP contribution in [0, 0.1) is 10.8 Å². The van der Waals surface area contributed by atoms with Gasteiger partial charge in [0.2, 0.25) is 0 Å². The molecule has 2 aliphatic rings. The van der Waals surface area contributed by atoms with Crippen molar-refractivity contribution in [1.29, 1.82) is 0 Å². The van der Waals surface area contributed by atoms with Gasteiger partial charge in [0.15, 0.2) is 0 Å². The number of hydrogen-bond donors (Lipinski definition) is 0. The van der Waals surface area contributed by atoms with E-state index in [2.05, 4.69) is 150 Å². The van der Waals surface area contributed by atoms with Crippen LogP contribution in [0.15, 0.2) is 109 Å². The predicted octanol–water partition coefficient (Wildman–Crippen LogP) is 16.0. The first-order valence-electron chi connectivity index (χ1n) is 20.4. The standard InChI is InChI=1S/2C24H27.C2H6Si.2ClH.Zr/c2*1-3-12-24(13-14-24)17-19-15-21-6-5-7-22(23(21)16-19)20-10-8-18(4-2)9-11-20;1-3-2;;;/h2*5-11,15-16H,3-4,12-14,17H2,1-2H3;1-2H3;2*1H;/q2*-1;;;;+4/p-2. The van der Waals surface area contributed by atoms with Crippen LogP contribution in [0.2, 0.25) is 13.1 Å². The van der Waals surface area contributed by atoms with Crippen molar-refractivity contribution in [2.24, 2.45) is 10.8 Å².